The van der Waals surface area contributed by atoms with E-state index in [9.17, 15) is 14.9 Å². The number of primary amides is 1. The van der Waals surface area contributed by atoms with Gasteiger partial charge in [-0.25, -0.2) is 0 Å². The van der Waals surface area contributed by atoms with E-state index in [1.807, 2.05) is 0 Å². The average Bonchev–Trinajstić information content (AvgIpc) is 2.15. The smallest absolute Gasteiger partial charge is 0.311 e. The zero-order valence-corrected chi connectivity index (χ0v) is 7.27. The first-order valence-electron chi connectivity index (χ1n) is 3.87. The number of nitrogens with zero attached hydrogens (tertiary/aromatic N) is 1. The molecule has 1 amide bonds. The summed E-state index contributed by atoms with van der Waals surface area (Å²) in [6, 6.07) is 0. The summed E-state index contributed by atoms with van der Waals surface area (Å²) in [7, 11) is 0. The number of nitro groups is 1. The molecule has 0 saturated heterocycles. The van der Waals surface area contributed by atoms with Crippen LogP contribution in [0.5, 0.6) is 0 Å². The van der Waals surface area contributed by atoms with Gasteiger partial charge in [-0.2, -0.15) is 0 Å². The highest BCUT2D eigenvalue weighted by molar-refractivity contribution is 5.75. The molecule has 0 unspecified atom stereocenters. The van der Waals surface area contributed by atoms with Crippen molar-refractivity contribution in [3.63, 3.8) is 0 Å². The third-order valence-electron chi connectivity index (χ3n) is 1.56. The molecule has 0 bridgehead atoms. The van der Waals surface area contributed by atoms with E-state index >= 15 is 0 Å². The Morgan fingerprint density at radius 3 is 2.79 bits per heavy atom. The molecule has 0 atom stereocenters. The summed E-state index contributed by atoms with van der Waals surface area (Å²) < 4.78 is 0. The van der Waals surface area contributed by atoms with Crippen molar-refractivity contribution >= 4 is 5.91 Å². The first-order valence-corrected chi connectivity index (χ1v) is 3.87. The molecule has 1 aliphatic rings. The third-order valence-corrected chi connectivity index (χ3v) is 1.56. The standard InChI is InChI=1S/C9H8N2O3/c10-9(12)6-3-7-1-4-8(5-2-7)11(13)14/h1-4H,6H2,(H2,10,12)/b7-3+. The lowest BCUT2D eigenvalue weighted by atomic mass is 10.1. The van der Waals surface area contributed by atoms with Crippen LogP contribution in [-0.2, 0) is 4.79 Å². The minimum Gasteiger partial charge on any atom is -0.369 e. The summed E-state index contributed by atoms with van der Waals surface area (Å²) in [5.74, 6) is -0.441. The number of rotatable bonds is 3. The molecule has 1 aliphatic carbocycles. The highest BCUT2D eigenvalue weighted by atomic mass is 16.6. The summed E-state index contributed by atoms with van der Waals surface area (Å²) in [5, 5.41) is 10.3. The van der Waals surface area contributed by atoms with Crippen LogP contribution in [0.2, 0.25) is 0 Å². The second-order valence-electron chi connectivity index (χ2n) is 2.64. The molecule has 72 valence electrons. The molecule has 0 aromatic heterocycles. The van der Waals surface area contributed by atoms with Gasteiger partial charge in [-0.1, -0.05) is 6.08 Å². The van der Waals surface area contributed by atoms with E-state index in [0.29, 0.717) is 5.57 Å². The fraction of sp³-hybridized carbons (Fsp3) is 0.111. The Hall–Kier alpha value is -2.13. The van der Waals surface area contributed by atoms with Crippen LogP contribution < -0.4 is 5.73 Å². The van der Waals surface area contributed by atoms with Gasteiger partial charge in [0.15, 0.2) is 0 Å². The van der Waals surface area contributed by atoms with Gasteiger partial charge < -0.3 is 5.73 Å². The molecule has 0 spiro atoms. The lowest BCUT2D eigenvalue weighted by molar-refractivity contribution is -0.418. The molecule has 0 saturated carbocycles. The van der Waals surface area contributed by atoms with Gasteiger partial charge in [-0.3, -0.25) is 14.9 Å². The average molecular weight is 192 g/mol. The number of hydrogen-bond acceptors (Lipinski definition) is 3. The van der Waals surface area contributed by atoms with E-state index in [1.54, 1.807) is 6.08 Å². The number of allylic oxidation sites excluding steroid dienone is 3. The summed E-state index contributed by atoms with van der Waals surface area (Å²) in [6.45, 7) is 0. The van der Waals surface area contributed by atoms with Crippen LogP contribution in [0.4, 0.5) is 0 Å². The minimum absolute atomic E-state index is 0.0961. The zero-order valence-electron chi connectivity index (χ0n) is 7.27. The largest absolute Gasteiger partial charge is 0.369 e. The number of nitrogens with two attached hydrogens (primary N) is 1. The molecule has 2 N–H and O–H groups in total. The Labute approximate surface area is 80.0 Å². The van der Waals surface area contributed by atoms with Crippen molar-refractivity contribution in [3.8, 4) is 0 Å². The molecule has 5 nitrogen and oxygen atoms in total. The first kappa shape index (κ1) is 9.95. The molecular formula is C9H8N2O3. The maximum Gasteiger partial charge on any atom is 0.311 e. The van der Waals surface area contributed by atoms with Gasteiger partial charge in [0.05, 0.1) is 4.92 Å². The van der Waals surface area contributed by atoms with E-state index in [4.69, 9.17) is 5.73 Å². The predicted molar refractivity (Wildman–Crippen MR) is 49.6 cm³/mol. The third kappa shape index (κ3) is 2.73. The minimum atomic E-state index is -0.530. The Morgan fingerprint density at radius 1 is 1.64 bits per heavy atom. The second-order valence-corrected chi connectivity index (χ2v) is 2.64. The van der Waals surface area contributed by atoms with E-state index in [2.05, 4.69) is 5.73 Å². The fourth-order valence-corrected chi connectivity index (χ4v) is 0.888. The molecule has 0 aliphatic heterocycles. The predicted octanol–water partition coefficient (Wildman–Crippen LogP) is 0.674. The number of amides is 1. The molecule has 14 heavy (non-hydrogen) atoms. The van der Waals surface area contributed by atoms with Crippen LogP contribution in [0.3, 0.4) is 0 Å². The molecular weight excluding hydrogens is 184 g/mol. The van der Waals surface area contributed by atoms with Crippen LogP contribution in [-0.4, -0.2) is 10.8 Å². The topological polar surface area (TPSA) is 86.2 Å². The highest BCUT2D eigenvalue weighted by Crippen LogP contribution is 2.09. The maximum atomic E-state index is 10.4. The van der Waals surface area contributed by atoms with Crippen molar-refractivity contribution in [1.82, 2.24) is 0 Å². The quantitative estimate of drug-likeness (QED) is 0.405. The van der Waals surface area contributed by atoms with Crippen molar-refractivity contribution in [3.05, 3.63) is 51.4 Å². The lowest BCUT2D eigenvalue weighted by Crippen LogP contribution is -2.08. The normalized spacial score (nSPS) is 16.9. The van der Waals surface area contributed by atoms with Crippen molar-refractivity contribution in [1.29, 1.82) is 0 Å². The summed E-state index contributed by atoms with van der Waals surface area (Å²) >= 11 is 0. The van der Waals surface area contributed by atoms with Crippen LogP contribution >= 0.6 is 0 Å². The Kier molecular flexibility index (Phi) is 2.99. The molecule has 0 aromatic rings. The summed E-state index contributed by atoms with van der Waals surface area (Å²) in [4.78, 5) is 20.2. The fourth-order valence-electron chi connectivity index (χ4n) is 0.888. The van der Waals surface area contributed by atoms with Crippen LogP contribution in [0.1, 0.15) is 6.42 Å². The van der Waals surface area contributed by atoms with Gasteiger partial charge in [0.25, 0.3) is 0 Å². The maximum absolute atomic E-state index is 10.4. The Balaban J connectivity index is 2.79. The number of hydrogen-bond donors (Lipinski definition) is 1. The van der Waals surface area contributed by atoms with Crippen LogP contribution in [0.25, 0.3) is 0 Å². The van der Waals surface area contributed by atoms with Crippen LogP contribution in [0, 0.1) is 10.1 Å². The second kappa shape index (κ2) is 4.20. The molecule has 0 radical (unpaired) electrons. The zero-order chi connectivity index (χ0) is 10.6. The SMILES string of the molecule is NC(=O)C/C=C1/C=C=C([N+](=O)[O-])C=C1. The summed E-state index contributed by atoms with van der Waals surface area (Å²) in [6.07, 6.45) is 6.01. The molecule has 1 rings (SSSR count). The van der Waals surface area contributed by atoms with Crippen molar-refractivity contribution in [2.45, 2.75) is 6.42 Å². The van der Waals surface area contributed by atoms with Gasteiger partial charge in [0.1, 0.15) is 0 Å². The Morgan fingerprint density at radius 2 is 2.36 bits per heavy atom. The first-order chi connectivity index (χ1) is 6.59. The van der Waals surface area contributed by atoms with E-state index in [-0.39, 0.29) is 12.1 Å². The van der Waals surface area contributed by atoms with E-state index in [0.717, 1.165) is 0 Å². The van der Waals surface area contributed by atoms with E-state index in [1.165, 1.54) is 18.2 Å². The lowest BCUT2D eigenvalue weighted by Gasteiger charge is -1.96. The van der Waals surface area contributed by atoms with Gasteiger partial charge in [0.2, 0.25) is 5.91 Å². The van der Waals surface area contributed by atoms with Crippen molar-refractivity contribution < 1.29 is 9.72 Å². The van der Waals surface area contributed by atoms with E-state index < -0.39 is 10.8 Å². The molecule has 0 heterocycles. The Bertz CT molecular complexity index is 398. The summed E-state index contributed by atoms with van der Waals surface area (Å²) in [5.41, 5.74) is 8.00. The molecule has 0 fully saturated rings. The van der Waals surface area contributed by atoms with Crippen molar-refractivity contribution in [2.24, 2.45) is 5.73 Å². The molecule has 5 heteroatoms. The number of carbonyl (C=O) groups excluding carboxylic acids is 1. The van der Waals surface area contributed by atoms with Crippen molar-refractivity contribution in [2.75, 3.05) is 0 Å². The monoisotopic (exact) mass is 192 g/mol. The van der Waals surface area contributed by atoms with Gasteiger partial charge in [-0.15, -0.1) is 0 Å². The van der Waals surface area contributed by atoms with Gasteiger partial charge in [-0.05, 0) is 23.5 Å². The van der Waals surface area contributed by atoms with Crippen LogP contribution in [0.15, 0.2) is 41.3 Å². The number of carbonyl (C=O) groups is 1. The highest BCUT2D eigenvalue weighted by Gasteiger charge is 2.06. The molecule has 0 aromatic carbocycles. The van der Waals surface area contributed by atoms with Gasteiger partial charge >= 0.3 is 5.70 Å². The van der Waals surface area contributed by atoms with Gasteiger partial charge in [0, 0.05) is 12.5 Å².